The number of benzene rings is 1. The maximum Gasteiger partial charge on any atom is 0.220 e. The summed E-state index contributed by atoms with van der Waals surface area (Å²) in [7, 11) is 0. The van der Waals surface area contributed by atoms with Crippen LogP contribution in [0.15, 0.2) is 24.3 Å². The van der Waals surface area contributed by atoms with Gasteiger partial charge in [-0.15, -0.1) is 0 Å². The molecule has 0 bridgehead atoms. The molecule has 3 heteroatoms. The van der Waals surface area contributed by atoms with Gasteiger partial charge in [-0.2, -0.15) is 0 Å². The molecule has 0 aliphatic heterocycles. The standard InChI is InChI=1S/C13H19NO2/c1-10(2)6-13(16)14-8-11-4-3-5-12(7-11)9-15/h3-5,7,10,15H,6,8-9H2,1-2H3,(H,14,16). The number of hydrogen-bond donors (Lipinski definition) is 2. The molecule has 0 aliphatic carbocycles. The summed E-state index contributed by atoms with van der Waals surface area (Å²) in [5, 5.41) is 11.8. The first-order valence-electron chi connectivity index (χ1n) is 5.57. The molecule has 1 aromatic carbocycles. The third-order valence-electron chi connectivity index (χ3n) is 2.26. The van der Waals surface area contributed by atoms with Gasteiger partial charge in [-0.3, -0.25) is 4.79 Å². The van der Waals surface area contributed by atoms with Gasteiger partial charge in [-0.1, -0.05) is 38.1 Å². The molecule has 0 saturated carbocycles. The zero-order valence-electron chi connectivity index (χ0n) is 9.86. The minimum Gasteiger partial charge on any atom is -0.392 e. The zero-order chi connectivity index (χ0) is 12.0. The Morgan fingerprint density at radius 1 is 1.38 bits per heavy atom. The fourth-order valence-electron chi connectivity index (χ4n) is 1.48. The quantitative estimate of drug-likeness (QED) is 0.797. The summed E-state index contributed by atoms with van der Waals surface area (Å²) in [6, 6.07) is 7.58. The van der Waals surface area contributed by atoms with Crippen molar-refractivity contribution in [2.24, 2.45) is 5.92 Å². The van der Waals surface area contributed by atoms with Crippen molar-refractivity contribution < 1.29 is 9.90 Å². The van der Waals surface area contributed by atoms with Crippen LogP contribution in [0.4, 0.5) is 0 Å². The Kier molecular flexibility index (Phi) is 4.99. The number of aliphatic hydroxyl groups excluding tert-OH is 1. The first kappa shape index (κ1) is 12.7. The minimum absolute atomic E-state index is 0.0355. The fraction of sp³-hybridized carbons (Fsp3) is 0.462. The molecule has 88 valence electrons. The molecule has 0 radical (unpaired) electrons. The number of aliphatic hydroxyl groups is 1. The first-order valence-corrected chi connectivity index (χ1v) is 5.57. The van der Waals surface area contributed by atoms with Crippen LogP contribution in [0.25, 0.3) is 0 Å². The van der Waals surface area contributed by atoms with E-state index in [4.69, 9.17) is 5.11 Å². The maximum absolute atomic E-state index is 11.4. The lowest BCUT2D eigenvalue weighted by Crippen LogP contribution is -2.23. The Bertz CT molecular complexity index is 348. The van der Waals surface area contributed by atoms with Gasteiger partial charge in [0, 0.05) is 13.0 Å². The van der Waals surface area contributed by atoms with Gasteiger partial charge in [0.05, 0.1) is 6.61 Å². The van der Waals surface area contributed by atoms with Gasteiger partial charge in [0.1, 0.15) is 0 Å². The molecule has 0 aliphatic rings. The van der Waals surface area contributed by atoms with Crippen LogP contribution in [-0.2, 0) is 17.9 Å². The Balaban J connectivity index is 2.45. The lowest BCUT2D eigenvalue weighted by molar-refractivity contribution is -0.121. The highest BCUT2D eigenvalue weighted by Crippen LogP contribution is 2.05. The van der Waals surface area contributed by atoms with Crippen LogP contribution in [-0.4, -0.2) is 11.0 Å². The normalized spacial score (nSPS) is 10.5. The third kappa shape index (κ3) is 4.45. The summed E-state index contributed by atoms with van der Waals surface area (Å²) in [5.41, 5.74) is 1.89. The fourth-order valence-corrected chi connectivity index (χ4v) is 1.48. The number of carbonyl (C=O) groups is 1. The van der Waals surface area contributed by atoms with Gasteiger partial charge in [0.2, 0.25) is 5.91 Å². The second kappa shape index (κ2) is 6.28. The lowest BCUT2D eigenvalue weighted by Gasteiger charge is -2.08. The molecular formula is C13H19NO2. The molecule has 0 heterocycles. The Morgan fingerprint density at radius 3 is 2.69 bits per heavy atom. The van der Waals surface area contributed by atoms with Gasteiger partial charge in [-0.25, -0.2) is 0 Å². The Labute approximate surface area is 96.5 Å². The van der Waals surface area contributed by atoms with Crippen LogP contribution in [0.1, 0.15) is 31.4 Å². The third-order valence-corrected chi connectivity index (χ3v) is 2.26. The summed E-state index contributed by atoms with van der Waals surface area (Å²) in [5.74, 6) is 0.452. The second-order valence-corrected chi connectivity index (χ2v) is 4.35. The molecule has 1 rings (SSSR count). The highest BCUT2D eigenvalue weighted by atomic mass is 16.3. The van der Waals surface area contributed by atoms with E-state index in [0.29, 0.717) is 18.9 Å². The van der Waals surface area contributed by atoms with E-state index in [1.54, 1.807) is 0 Å². The monoisotopic (exact) mass is 221 g/mol. The van der Waals surface area contributed by atoms with E-state index >= 15 is 0 Å². The zero-order valence-corrected chi connectivity index (χ0v) is 9.86. The van der Waals surface area contributed by atoms with Crippen LogP contribution in [0.5, 0.6) is 0 Å². The van der Waals surface area contributed by atoms with Crippen molar-refractivity contribution in [2.45, 2.75) is 33.4 Å². The summed E-state index contributed by atoms with van der Waals surface area (Å²) < 4.78 is 0. The molecule has 1 amide bonds. The molecule has 2 N–H and O–H groups in total. The van der Waals surface area contributed by atoms with Gasteiger partial charge >= 0.3 is 0 Å². The van der Waals surface area contributed by atoms with E-state index in [-0.39, 0.29) is 12.5 Å². The first-order chi connectivity index (χ1) is 7.61. The molecule has 0 saturated heterocycles. The molecule has 0 unspecified atom stereocenters. The predicted molar refractivity (Wildman–Crippen MR) is 63.7 cm³/mol. The van der Waals surface area contributed by atoms with E-state index in [9.17, 15) is 4.79 Å². The van der Waals surface area contributed by atoms with Gasteiger partial charge in [0.15, 0.2) is 0 Å². The van der Waals surface area contributed by atoms with Crippen LogP contribution in [0.2, 0.25) is 0 Å². The number of rotatable bonds is 5. The van der Waals surface area contributed by atoms with Crippen LogP contribution in [0, 0.1) is 5.92 Å². The van der Waals surface area contributed by atoms with E-state index in [1.807, 2.05) is 38.1 Å². The Morgan fingerprint density at radius 2 is 2.06 bits per heavy atom. The minimum atomic E-state index is 0.0355. The van der Waals surface area contributed by atoms with E-state index in [2.05, 4.69) is 5.32 Å². The number of amides is 1. The smallest absolute Gasteiger partial charge is 0.220 e. The number of nitrogens with one attached hydrogen (secondary N) is 1. The van der Waals surface area contributed by atoms with Crippen LogP contribution < -0.4 is 5.32 Å². The van der Waals surface area contributed by atoms with Crippen molar-refractivity contribution in [3.05, 3.63) is 35.4 Å². The summed E-state index contributed by atoms with van der Waals surface area (Å²) in [4.78, 5) is 11.4. The van der Waals surface area contributed by atoms with E-state index < -0.39 is 0 Å². The van der Waals surface area contributed by atoms with Crippen molar-refractivity contribution in [1.29, 1.82) is 0 Å². The maximum atomic E-state index is 11.4. The van der Waals surface area contributed by atoms with Crippen LogP contribution >= 0.6 is 0 Å². The molecule has 0 spiro atoms. The Hall–Kier alpha value is -1.35. The highest BCUT2D eigenvalue weighted by molar-refractivity contribution is 5.76. The second-order valence-electron chi connectivity index (χ2n) is 4.35. The molecule has 0 aromatic heterocycles. The molecule has 16 heavy (non-hydrogen) atoms. The topological polar surface area (TPSA) is 49.3 Å². The van der Waals surface area contributed by atoms with Gasteiger partial charge in [0.25, 0.3) is 0 Å². The van der Waals surface area contributed by atoms with Gasteiger partial charge in [-0.05, 0) is 17.0 Å². The molecule has 0 fully saturated rings. The average Bonchev–Trinajstić information content (AvgIpc) is 2.26. The van der Waals surface area contributed by atoms with Crippen molar-refractivity contribution >= 4 is 5.91 Å². The molecule has 1 aromatic rings. The predicted octanol–water partition coefficient (Wildman–Crippen LogP) is 1.84. The largest absolute Gasteiger partial charge is 0.392 e. The number of carbonyl (C=O) groups excluding carboxylic acids is 1. The van der Waals surface area contributed by atoms with Crippen molar-refractivity contribution in [2.75, 3.05) is 0 Å². The molecule has 0 atom stereocenters. The van der Waals surface area contributed by atoms with Crippen molar-refractivity contribution in [3.8, 4) is 0 Å². The van der Waals surface area contributed by atoms with Gasteiger partial charge < -0.3 is 10.4 Å². The van der Waals surface area contributed by atoms with E-state index in [0.717, 1.165) is 11.1 Å². The van der Waals surface area contributed by atoms with Crippen molar-refractivity contribution in [3.63, 3.8) is 0 Å². The SMILES string of the molecule is CC(C)CC(=O)NCc1cccc(CO)c1. The summed E-state index contributed by atoms with van der Waals surface area (Å²) in [6.07, 6.45) is 0.555. The molecular weight excluding hydrogens is 202 g/mol. The van der Waals surface area contributed by atoms with Crippen molar-refractivity contribution in [1.82, 2.24) is 5.32 Å². The average molecular weight is 221 g/mol. The lowest BCUT2D eigenvalue weighted by atomic mass is 10.1. The summed E-state index contributed by atoms with van der Waals surface area (Å²) in [6.45, 7) is 4.60. The van der Waals surface area contributed by atoms with Crippen LogP contribution in [0.3, 0.4) is 0 Å². The molecule has 3 nitrogen and oxygen atoms in total. The highest BCUT2D eigenvalue weighted by Gasteiger charge is 2.04. The number of hydrogen-bond acceptors (Lipinski definition) is 2. The van der Waals surface area contributed by atoms with E-state index in [1.165, 1.54) is 0 Å². The summed E-state index contributed by atoms with van der Waals surface area (Å²) >= 11 is 0.